The average molecular weight is 583 g/mol. The Morgan fingerprint density at radius 2 is 1.57 bits per heavy atom. The van der Waals surface area contributed by atoms with E-state index in [1.807, 2.05) is 60.7 Å². The van der Waals surface area contributed by atoms with Crippen LogP contribution in [0, 0.1) is 10.8 Å². The third-order valence-corrected chi connectivity index (χ3v) is 7.55. The Morgan fingerprint density at radius 1 is 0.875 bits per heavy atom. The minimum absolute atomic E-state index is 0.0553. The number of nitrogens with two attached hydrogens (primary N) is 2. The van der Waals surface area contributed by atoms with Gasteiger partial charge in [-0.1, -0.05) is 47.2 Å². The van der Waals surface area contributed by atoms with Crippen molar-refractivity contribution in [3.05, 3.63) is 72.4 Å². The second-order valence-electron chi connectivity index (χ2n) is 8.30. The van der Waals surface area contributed by atoms with Gasteiger partial charge < -0.3 is 36.9 Å². The monoisotopic (exact) mass is 582 g/mol. The number of hydrogen-bond donors (Lipinski definition) is 7. The van der Waals surface area contributed by atoms with Gasteiger partial charge in [0.05, 0.1) is 13.1 Å². The molecule has 0 bridgehead atoms. The molecule has 0 saturated carbocycles. The van der Waals surface area contributed by atoms with E-state index < -0.39 is 0 Å². The number of nitrogens with zero attached hydrogens (tertiary/aromatic N) is 1. The maximum absolute atomic E-state index is 12.5. The van der Waals surface area contributed by atoms with Crippen LogP contribution in [-0.2, 0) is 11.3 Å². The molecule has 1 heterocycles. The summed E-state index contributed by atoms with van der Waals surface area (Å²) in [5, 5.41) is 23.9. The standard InChI is InChI=1S/C27H34N8O3S2/c28-26(29)33-12-14-37-22-6-2-1-5-21(22)19-8-9-20(23(17-19)38-15-13-34-27(30)31)18-35-24(36)10-16-39-40-25-7-3-4-11-32-25/h1-9,11,17H,10,12-16,18H2,(H,35,36)(H4,28,29,33)(H4,30,31,34). The third kappa shape index (κ3) is 10.9. The van der Waals surface area contributed by atoms with Gasteiger partial charge in [-0.15, -0.1) is 0 Å². The van der Waals surface area contributed by atoms with Crippen molar-refractivity contribution >= 4 is 39.4 Å². The number of hydrogen-bond acceptors (Lipinski definition) is 8. The van der Waals surface area contributed by atoms with Crippen LogP contribution in [0.25, 0.3) is 11.1 Å². The lowest BCUT2D eigenvalue weighted by molar-refractivity contribution is -0.120. The smallest absolute Gasteiger partial charge is 0.221 e. The molecule has 1 aromatic heterocycles. The highest BCUT2D eigenvalue weighted by atomic mass is 33.1. The first-order valence-corrected chi connectivity index (χ1v) is 14.8. The Kier molecular flexibility index (Phi) is 12.8. The number of guanidine groups is 2. The molecular formula is C27H34N8O3S2. The molecule has 0 aliphatic rings. The van der Waals surface area contributed by atoms with Gasteiger partial charge in [0, 0.05) is 36.0 Å². The number of amides is 1. The summed E-state index contributed by atoms with van der Waals surface area (Å²) >= 11 is 0. The zero-order valence-electron chi connectivity index (χ0n) is 21.9. The number of carbonyl (C=O) groups excluding carboxylic acids is 1. The van der Waals surface area contributed by atoms with Gasteiger partial charge in [0.1, 0.15) is 29.7 Å². The SMILES string of the molecule is N=C(N)NCCOc1cc(-c2ccccc2OCCNC(=N)N)ccc1CNC(=O)CCSSc1ccccn1. The summed E-state index contributed by atoms with van der Waals surface area (Å²) in [6, 6.07) is 19.2. The summed E-state index contributed by atoms with van der Waals surface area (Å²) in [5.74, 6) is 1.65. The average Bonchev–Trinajstić information content (AvgIpc) is 2.95. The highest BCUT2D eigenvalue weighted by Crippen LogP contribution is 2.34. The first kappa shape index (κ1) is 30.4. The molecule has 11 nitrogen and oxygen atoms in total. The van der Waals surface area contributed by atoms with Crippen LogP contribution in [0.5, 0.6) is 11.5 Å². The van der Waals surface area contributed by atoms with Crippen LogP contribution in [0.3, 0.4) is 0 Å². The van der Waals surface area contributed by atoms with Crippen molar-refractivity contribution in [1.29, 1.82) is 10.8 Å². The van der Waals surface area contributed by atoms with Crippen molar-refractivity contribution in [2.24, 2.45) is 11.5 Å². The van der Waals surface area contributed by atoms with Crippen molar-refractivity contribution in [2.45, 2.75) is 18.0 Å². The molecule has 40 heavy (non-hydrogen) atoms. The van der Waals surface area contributed by atoms with Crippen LogP contribution in [-0.4, -0.2) is 54.9 Å². The largest absolute Gasteiger partial charge is 0.491 e. The first-order chi connectivity index (χ1) is 19.4. The molecule has 3 aromatic rings. The normalized spacial score (nSPS) is 10.4. The van der Waals surface area contributed by atoms with E-state index in [2.05, 4.69) is 20.9 Å². The number of nitrogens with one attached hydrogen (secondary N) is 5. The lowest BCUT2D eigenvalue weighted by Gasteiger charge is -2.16. The van der Waals surface area contributed by atoms with E-state index in [4.69, 9.17) is 31.8 Å². The fraction of sp³-hybridized carbons (Fsp3) is 0.259. The second-order valence-corrected chi connectivity index (χ2v) is 10.7. The van der Waals surface area contributed by atoms with Gasteiger partial charge in [0.15, 0.2) is 11.9 Å². The summed E-state index contributed by atoms with van der Waals surface area (Å²) in [4.78, 5) is 16.8. The van der Waals surface area contributed by atoms with Gasteiger partial charge in [-0.3, -0.25) is 15.6 Å². The third-order valence-electron chi connectivity index (χ3n) is 5.29. The Balaban J connectivity index is 1.63. The summed E-state index contributed by atoms with van der Waals surface area (Å²) in [5.41, 5.74) is 13.3. The lowest BCUT2D eigenvalue weighted by atomic mass is 10.0. The first-order valence-electron chi connectivity index (χ1n) is 12.5. The van der Waals surface area contributed by atoms with E-state index in [1.54, 1.807) is 27.8 Å². The van der Waals surface area contributed by atoms with Gasteiger partial charge in [-0.05, 0) is 40.6 Å². The minimum atomic E-state index is -0.130. The van der Waals surface area contributed by atoms with Crippen LogP contribution >= 0.6 is 21.6 Å². The van der Waals surface area contributed by atoms with E-state index in [9.17, 15) is 4.79 Å². The summed E-state index contributed by atoms with van der Waals surface area (Å²) in [7, 11) is 3.13. The van der Waals surface area contributed by atoms with Gasteiger partial charge in [-0.2, -0.15) is 0 Å². The molecule has 13 heteroatoms. The molecule has 0 fully saturated rings. The van der Waals surface area contributed by atoms with E-state index in [1.165, 1.54) is 0 Å². The maximum Gasteiger partial charge on any atom is 0.221 e. The number of para-hydroxylation sites is 1. The van der Waals surface area contributed by atoms with Crippen molar-refractivity contribution in [3.63, 3.8) is 0 Å². The molecule has 1 amide bonds. The molecule has 3 rings (SSSR count). The molecule has 0 radical (unpaired) electrons. The van der Waals surface area contributed by atoms with Crippen LogP contribution in [0.4, 0.5) is 0 Å². The van der Waals surface area contributed by atoms with E-state index in [-0.39, 0.29) is 24.4 Å². The Morgan fingerprint density at radius 3 is 2.27 bits per heavy atom. The molecular weight excluding hydrogens is 548 g/mol. The number of rotatable bonds is 16. The molecule has 9 N–H and O–H groups in total. The topological polar surface area (TPSA) is 184 Å². The maximum atomic E-state index is 12.5. The Hall–Kier alpha value is -4.10. The van der Waals surface area contributed by atoms with Crippen LogP contribution in [0.2, 0.25) is 0 Å². The van der Waals surface area contributed by atoms with E-state index >= 15 is 0 Å². The number of ether oxygens (including phenoxy) is 2. The van der Waals surface area contributed by atoms with Crippen molar-refractivity contribution < 1.29 is 14.3 Å². The molecule has 0 spiro atoms. The highest BCUT2D eigenvalue weighted by Gasteiger charge is 2.12. The van der Waals surface area contributed by atoms with Crippen LogP contribution in [0.1, 0.15) is 12.0 Å². The Bertz CT molecular complexity index is 1260. The molecule has 0 aliphatic heterocycles. The number of carbonyl (C=O) groups is 1. The van der Waals surface area contributed by atoms with Gasteiger partial charge in [0.2, 0.25) is 5.91 Å². The predicted molar refractivity (Wildman–Crippen MR) is 162 cm³/mol. The molecule has 0 unspecified atom stereocenters. The van der Waals surface area contributed by atoms with Gasteiger partial charge >= 0.3 is 0 Å². The van der Waals surface area contributed by atoms with Crippen LogP contribution < -0.4 is 36.9 Å². The highest BCUT2D eigenvalue weighted by molar-refractivity contribution is 8.76. The quantitative estimate of drug-likeness (QED) is 0.0573. The molecule has 0 aliphatic carbocycles. The molecule has 0 atom stereocenters. The van der Waals surface area contributed by atoms with Gasteiger partial charge in [0.25, 0.3) is 0 Å². The molecule has 0 saturated heterocycles. The van der Waals surface area contributed by atoms with Crippen molar-refractivity contribution in [3.8, 4) is 22.6 Å². The fourth-order valence-corrected chi connectivity index (χ4v) is 5.31. The second kappa shape index (κ2) is 16.8. The van der Waals surface area contributed by atoms with Crippen LogP contribution in [0.15, 0.2) is 71.9 Å². The zero-order chi connectivity index (χ0) is 28.6. The summed E-state index contributed by atoms with van der Waals surface area (Å²) < 4.78 is 11.9. The molecule has 212 valence electrons. The van der Waals surface area contributed by atoms with Gasteiger partial charge in [-0.25, -0.2) is 4.98 Å². The fourth-order valence-electron chi connectivity index (χ4n) is 3.44. The van der Waals surface area contributed by atoms with Crippen molar-refractivity contribution in [1.82, 2.24) is 20.9 Å². The lowest BCUT2D eigenvalue weighted by Crippen LogP contribution is -2.33. The summed E-state index contributed by atoms with van der Waals surface area (Å²) in [6.45, 7) is 1.68. The van der Waals surface area contributed by atoms with E-state index in [0.717, 1.165) is 21.7 Å². The predicted octanol–water partition coefficient (Wildman–Crippen LogP) is 2.92. The Labute approximate surface area is 241 Å². The number of pyridine rings is 1. The number of benzene rings is 2. The number of aromatic nitrogens is 1. The minimum Gasteiger partial charge on any atom is -0.491 e. The van der Waals surface area contributed by atoms with Crippen molar-refractivity contribution in [2.75, 3.05) is 32.1 Å². The zero-order valence-corrected chi connectivity index (χ0v) is 23.6. The van der Waals surface area contributed by atoms with E-state index in [0.29, 0.717) is 49.9 Å². The molecule has 2 aromatic carbocycles. The summed E-state index contributed by atoms with van der Waals surface area (Å²) in [6.07, 6.45) is 2.13.